The molecular weight excluding hydrogens is 204 g/mol. The predicted molar refractivity (Wildman–Crippen MR) is 68.5 cm³/mol. The van der Waals surface area contributed by atoms with Crippen LogP contribution in [-0.2, 0) is 0 Å². The third-order valence-corrected chi connectivity index (χ3v) is 4.97. The number of rotatable bonds is 2. The van der Waals surface area contributed by atoms with Crippen LogP contribution in [0.1, 0.15) is 20.8 Å². The van der Waals surface area contributed by atoms with Crippen LogP contribution in [0.25, 0.3) is 0 Å². The molecule has 2 nitrogen and oxygen atoms in total. The first kappa shape index (κ1) is 11.7. The van der Waals surface area contributed by atoms with Crippen LogP contribution >= 0.6 is 11.8 Å². The maximum absolute atomic E-state index is 3.50. The molecule has 0 bridgehead atoms. The van der Waals surface area contributed by atoms with Crippen molar-refractivity contribution in [3.05, 3.63) is 0 Å². The van der Waals surface area contributed by atoms with E-state index in [2.05, 4.69) is 42.7 Å². The van der Waals surface area contributed by atoms with E-state index in [4.69, 9.17) is 0 Å². The lowest BCUT2D eigenvalue weighted by Gasteiger charge is -2.39. The van der Waals surface area contributed by atoms with E-state index in [0.717, 1.165) is 11.8 Å². The van der Waals surface area contributed by atoms with Gasteiger partial charge in [0.2, 0.25) is 0 Å². The molecule has 2 fully saturated rings. The molecule has 1 N–H and O–H groups in total. The van der Waals surface area contributed by atoms with E-state index < -0.39 is 0 Å². The third kappa shape index (κ3) is 3.11. The zero-order chi connectivity index (χ0) is 10.9. The van der Waals surface area contributed by atoms with E-state index in [1.807, 2.05) is 0 Å². The molecule has 0 aromatic rings. The van der Waals surface area contributed by atoms with Crippen LogP contribution in [0.5, 0.6) is 0 Å². The maximum atomic E-state index is 3.50. The molecule has 88 valence electrons. The molecule has 2 rings (SSSR count). The fourth-order valence-corrected chi connectivity index (χ4v) is 3.89. The predicted octanol–water partition coefficient (Wildman–Crippen LogP) is 1.67. The molecule has 2 atom stereocenters. The molecule has 0 spiro atoms. The normalized spacial score (nSPS) is 37.0. The molecule has 0 aromatic carbocycles. The molecule has 0 aromatic heterocycles. The molecule has 3 heteroatoms. The highest BCUT2D eigenvalue weighted by Gasteiger charge is 2.30. The first-order valence-electron chi connectivity index (χ1n) is 6.14. The largest absolute Gasteiger partial charge is 0.316 e. The Morgan fingerprint density at radius 3 is 2.80 bits per heavy atom. The van der Waals surface area contributed by atoms with Gasteiger partial charge < -0.3 is 10.2 Å². The minimum absolute atomic E-state index is 0.466. The summed E-state index contributed by atoms with van der Waals surface area (Å²) in [6.07, 6.45) is 0. The fraction of sp³-hybridized carbons (Fsp3) is 1.00. The Morgan fingerprint density at radius 1 is 1.40 bits per heavy atom. The summed E-state index contributed by atoms with van der Waals surface area (Å²) in [6, 6.07) is 0. The van der Waals surface area contributed by atoms with Gasteiger partial charge in [0, 0.05) is 30.1 Å². The highest BCUT2D eigenvalue weighted by Crippen LogP contribution is 2.30. The second-order valence-electron chi connectivity index (χ2n) is 5.74. The zero-order valence-electron chi connectivity index (χ0n) is 10.3. The van der Waals surface area contributed by atoms with E-state index in [1.54, 1.807) is 0 Å². The van der Waals surface area contributed by atoms with E-state index in [9.17, 15) is 0 Å². The maximum Gasteiger partial charge on any atom is 0.0231 e. The highest BCUT2D eigenvalue weighted by molar-refractivity contribution is 8.00. The van der Waals surface area contributed by atoms with Gasteiger partial charge in [-0.2, -0.15) is 11.8 Å². The number of hydrogen-bond donors (Lipinski definition) is 1. The molecule has 0 aliphatic carbocycles. The molecule has 2 aliphatic heterocycles. The fourth-order valence-electron chi connectivity index (χ4n) is 2.71. The Hall–Kier alpha value is 0.270. The van der Waals surface area contributed by atoms with Gasteiger partial charge in [-0.05, 0) is 38.8 Å². The number of nitrogens with one attached hydrogen (secondary N) is 1. The monoisotopic (exact) mass is 228 g/mol. The van der Waals surface area contributed by atoms with E-state index >= 15 is 0 Å². The Morgan fingerprint density at radius 2 is 2.20 bits per heavy atom. The lowest BCUT2D eigenvalue weighted by molar-refractivity contribution is 0.209. The van der Waals surface area contributed by atoms with Gasteiger partial charge in [0.05, 0.1) is 0 Å². The zero-order valence-corrected chi connectivity index (χ0v) is 11.1. The first-order valence-corrected chi connectivity index (χ1v) is 7.12. The molecule has 2 aliphatic rings. The Kier molecular flexibility index (Phi) is 3.63. The summed E-state index contributed by atoms with van der Waals surface area (Å²) < 4.78 is 0.466. The minimum atomic E-state index is 0.466. The standard InChI is InChI=1S/C12H24N2S/c1-10-6-13-7-11(10)8-14-4-5-15-12(2,3)9-14/h10-11,13H,4-9H2,1-3H3. The Balaban J connectivity index is 1.83. The van der Waals surface area contributed by atoms with Crippen LogP contribution in [0.2, 0.25) is 0 Å². The van der Waals surface area contributed by atoms with Crippen LogP contribution < -0.4 is 5.32 Å². The summed E-state index contributed by atoms with van der Waals surface area (Å²) in [4.78, 5) is 2.67. The molecule has 2 heterocycles. The molecule has 2 unspecified atom stereocenters. The second-order valence-corrected chi connectivity index (χ2v) is 7.54. The minimum Gasteiger partial charge on any atom is -0.316 e. The Labute approximate surface area is 98.2 Å². The van der Waals surface area contributed by atoms with Gasteiger partial charge in [0.25, 0.3) is 0 Å². The summed E-state index contributed by atoms with van der Waals surface area (Å²) in [5.41, 5.74) is 0. The van der Waals surface area contributed by atoms with Crippen molar-refractivity contribution in [2.45, 2.75) is 25.5 Å². The first-order chi connectivity index (χ1) is 7.07. The summed E-state index contributed by atoms with van der Waals surface area (Å²) in [7, 11) is 0. The molecule has 0 radical (unpaired) electrons. The summed E-state index contributed by atoms with van der Waals surface area (Å²) in [6.45, 7) is 13.4. The van der Waals surface area contributed by atoms with Gasteiger partial charge in [0.15, 0.2) is 0 Å². The van der Waals surface area contributed by atoms with Gasteiger partial charge >= 0.3 is 0 Å². The molecule has 15 heavy (non-hydrogen) atoms. The van der Waals surface area contributed by atoms with Crippen molar-refractivity contribution >= 4 is 11.8 Å². The summed E-state index contributed by atoms with van der Waals surface area (Å²) in [5, 5.41) is 3.50. The number of thioether (sulfide) groups is 1. The van der Waals surface area contributed by atoms with Crippen molar-refractivity contribution in [2.24, 2.45) is 11.8 Å². The molecular formula is C12H24N2S. The van der Waals surface area contributed by atoms with Crippen molar-refractivity contribution in [3.63, 3.8) is 0 Å². The van der Waals surface area contributed by atoms with Gasteiger partial charge in [-0.25, -0.2) is 0 Å². The molecule has 2 saturated heterocycles. The second kappa shape index (κ2) is 4.64. The van der Waals surface area contributed by atoms with Crippen LogP contribution in [-0.4, -0.2) is 48.1 Å². The van der Waals surface area contributed by atoms with Crippen LogP contribution in [0.4, 0.5) is 0 Å². The van der Waals surface area contributed by atoms with Gasteiger partial charge in [0.1, 0.15) is 0 Å². The Bertz CT molecular complexity index is 218. The van der Waals surface area contributed by atoms with Crippen LogP contribution in [0.3, 0.4) is 0 Å². The van der Waals surface area contributed by atoms with Gasteiger partial charge in [-0.1, -0.05) is 6.92 Å². The van der Waals surface area contributed by atoms with Crippen molar-refractivity contribution in [1.29, 1.82) is 0 Å². The summed E-state index contributed by atoms with van der Waals surface area (Å²) in [5.74, 6) is 3.05. The van der Waals surface area contributed by atoms with E-state index in [1.165, 1.54) is 38.5 Å². The van der Waals surface area contributed by atoms with Crippen molar-refractivity contribution in [3.8, 4) is 0 Å². The van der Waals surface area contributed by atoms with Gasteiger partial charge in [-0.3, -0.25) is 0 Å². The lowest BCUT2D eigenvalue weighted by Crippen LogP contribution is -2.45. The third-order valence-electron chi connectivity index (χ3n) is 3.67. The average molecular weight is 228 g/mol. The number of nitrogens with zero attached hydrogens (tertiary/aromatic N) is 1. The number of hydrogen-bond acceptors (Lipinski definition) is 3. The SMILES string of the molecule is CC1CNCC1CN1CCSC(C)(C)C1. The highest BCUT2D eigenvalue weighted by atomic mass is 32.2. The quantitative estimate of drug-likeness (QED) is 0.774. The van der Waals surface area contributed by atoms with Crippen molar-refractivity contribution in [1.82, 2.24) is 10.2 Å². The smallest absolute Gasteiger partial charge is 0.0231 e. The van der Waals surface area contributed by atoms with Crippen molar-refractivity contribution < 1.29 is 0 Å². The lowest BCUT2D eigenvalue weighted by atomic mass is 9.97. The van der Waals surface area contributed by atoms with Crippen LogP contribution in [0, 0.1) is 11.8 Å². The van der Waals surface area contributed by atoms with E-state index in [0.29, 0.717) is 4.75 Å². The van der Waals surface area contributed by atoms with Crippen molar-refractivity contribution in [2.75, 3.05) is 38.5 Å². The van der Waals surface area contributed by atoms with Crippen LogP contribution in [0.15, 0.2) is 0 Å². The molecule has 0 saturated carbocycles. The summed E-state index contributed by atoms with van der Waals surface area (Å²) >= 11 is 2.13. The van der Waals surface area contributed by atoms with E-state index in [-0.39, 0.29) is 0 Å². The molecule has 0 amide bonds. The average Bonchev–Trinajstić information content (AvgIpc) is 2.50. The van der Waals surface area contributed by atoms with Gasteiger partial charge in [-0.15, -0.1) is 0 Å². The topological polar surface area (TPSA) is 15.3 Å².